The Labute approximate surface area is 208 Å². The number of methoxy groups -OCH3 is 1. The van der Waals surface area contributed by atoms with E-state index in [1.807, 2.05) is 30.3 Å². The van der Waals surface area contributed by atoms with Gasteiger partial charge >= 0.3 is 5.97 Å². The Kier molecular flexibility index (Phi) is 8.15. The molecule has 0 aliphatic heterocycles. The minimum absolute atomic E-state index is 0.142. The van der Waals surface area contributed by atoms with Gasteiger partial charge in [-0.2, -0.15) is 0 Å². The molecule has 1 amide bonds. The molecule has 0 spiro atoms. The summed E-state index contributed by atoms with van der Waals surface area (Å²) in [6, 6.07) is 14.6. The summed E-state index contributed by atoms with van der Waals surface area (Å²) in [6.07, 6.45) is 8.09. The third-order valence-electron chi connectivity index (χ3n) is 5.78. The summed E-state index contributed by atoms with van der Waals surface area (Å²) in [5, 5.41) is 12.6. The number of hydrogen-bond acceptors (Lipinski definition) is 6. The van der Waals surface area contributed by atoms with E-state index in [1.165, 1.54) is 24.8 Å². The first kappa shape index (κ1) is 24.5. The topological polar surface area (TPSA) is 97.2 Å². The molecule has 0 saturated carbocycles. The number of nitrogens with zero attached hydrogens (tertiary/aromatic N) is 1. The Balaban J connectivity index is 1.65. The number of thiophene rings is 1. The number of carbonyl (C=O) groups is 2. The van der Waals surface area contributed by atoms with Gasteiger partial charge < -0.3 is 19.9 Å². The summed E-state index contributed by atoms with van der Waals surface area (Å²) in [5.41, 5.74) is 3.27. The van der Waals surface area contributed by atoms with Gasteiger partial charge in [-0.05, 0) is 67.1 Å². The van der Waals surface area contributed by atoms with Crippen LogP contribution in [0.5, 0.6) is 11.5 Å². The standard InChI is InChI=1S/C27H28N2O5S/c1-33-22-15-18(13-14-21(22)34-17-24(30)31)16-28-27-25(26(32)29-19-9-5-4-6-10-19)20-11-7-2-3-8-12-23(20)35-27/h4-6,9-10,13-16H,2-3,7-8,11-12,17H2,1H3,(H,29,32)(H,30,31). The minimum Gasteiger partial charge on any atom is -0.493 e. The molecule has 1 aromatic heterocycles. The number of carboxylic acid groups (broad SMARTS) is 1. The number of aliphatic imine (C=N–C) groups is 1. The Morgan fingerprint density at radius 3 is 2.57 bits per heavy atom. The van der Waals surface area contributed by atoms with Crippen molar-refractivity contribution in [2.45, 2.75) is 38.5 Å². The minimum atomic E-state index is -1.06. The Morgan fingerprint density at radius 2 is 1.83 bits per heavy atom. The number of carboxylic acids is 1. The number of amides is 1. The molecule has 2 N–H and O–H groups in total. The number of nitrogens with one attached hydrogen (secondary N) is 1. The number of carbonyl (C=O) groups excluding carboxylic acids is 1. The SMILES string of the molecule is COc1cc(C=Nc2sc3c(c2C(=O)Nc2ccccc2)CCCCCC3)ccc1OCC(=O)O. The van der Waals surface area contributed by atoms with Crippen LogP contribution in [0.15, 0.2) is 53.5 Å². The first-order chi connectivity index (χ1) is 17.0. The van der Waals surface area contributed by atoms with Gasteiger partial charge in [0.2, 0.25) is 0 Å². The number of hydrogen-bond donors (Lipinski definition) is 2. The van der Waals surface area contributed by atoms with Crippen molar-refractivity contribution in [3.05, 3.63) is 70.1 Å². The molecule has 1 aliphatic carbocycles. The zero-order chi connectivity index (χ0) is 24.6. The lowest BCUT2D eigenvalue weighted by molar-refractivity contribution is -0.139. The maximum absolute atomic E-state index is 13.4. The maximum Gasteiger partial charge on any atom is 0.341 e. The highest BCUT2D eigenvalue weighted by molar-refractivity contribution is 7.16. The predicted octanol–water partition coefficient (Wildman–Crippen LogP) is 5.88. The highest BCUT2D eigenvalue weighted by Crippen LogP contribution is 2.39. The summed E-state index contributed by atoms with van der Waals surface area (Å²) in [5.74, 6) is -0.451. The van der Waals surface area contributed by atoms with Crippen LogP contribution in [-0.2, 0) is 17.6 Å². The van der Waals surface area contributed by atoms with Gasteiger partial charge in [0.25, 0.3) is 5.91 Å². The van der Waals surface area contributed by atoms with Crippen molar-refractivity contribution in [2.75, 3.05) is 19.0 Å². The van der Waals surface area contributed by atoms with E-state index in [4.69, 9.17) is 19.6 Å². The maximum atomic E-state index is 13.4. The van der Waals surface area contributed by atoms with Crippen LogP contribution in [0.2, 0.25) is 0 Å². The fraction of sp³-hybridized carbons (Fsp3) is 0.296. The van der Waals surface area contributed by atoms with Crippen LogP contribution in [0.4, 0.5) is 10.7 Å². The zero-order valence-corrected chi connectivity index (χ0v) is 20.4. The number of aryl methyl sites for hydroxylation is 1. The van der Waals surface area contributed by atoms with E-state index in [9.17, 15) is 9.59 Å². The molecule has 0 fully saturated rings. The lowest BCUT2D eigenvalue weighted by Crippen LogP contribution is -2.14. The van der Waals surface area contributed by atoms with Crippen LogP contribution in [-0.4, -0.2) is 36.9 Å². The number of benzene rings is 2. The summed E-state index contributed by atoms with van der Waals surface area (Å²) < 4.78 is 10.6. The zero-order valence-electron chi connectivity index (χ0n) is 19.6. The number of anilines is 1. The van der Waals surface area contributed by atoms with Crippen LogP contribution in [0, 0.1) is 0 Å². The predicted molar refractivity (Wildman–Crippen MR) is 138 cm³/mol. The van der Waals surface area contributed by atoms with Gasteiger partial charge in [-0.1, -0.05) is 31.0 Å². The van der Waals surface area contributed by atoms with E-state index in [0.717, 1.165) is 42.5 Å². The van der Waals surface area contributed by atoms with Gasteiger partial charge in [0.05, 0.1) is 12.7 Å². The average molecular weight is 493 g/mol. The smallest absolute Gasteiger partial charge is 0.341 e. The van der Waals surface area contributed by atoms with Gasteiger partial charge in [0.15, 0.2) is 18.1 Å². The third kappa shape index (κ3) is 6.27. The molecule has 2 aromatic carbocycles. The molecule has 1 aliphatic rings. The molecule has 35 heavy (non-hydrogen) atoms. The van der Waals surface area contributed by atoms with Crippen molar-refractivity contribution in [2.24, 2.45) is 4.99 Å². The normalized spacial score (nSPS) is 13.5. The molecule has 0 radical (unpaired) electrons. The second kappa shape index (κ2) is 11.7. The van der Waals surface area contributed by atoms with E-state index >= 15 is 0 Å². The van der Waals surface area contributed by atoms with E-state index in [1.54, 1.807) is 35.8 Å². The van der Waals surface area contributed by atoms with Crippen molar-refractivity contribution >= 4 is 40.1 Å². The highest BCUT2D eigenvalue weighted by Gasteiger charge is 2.24. The first-order valence-electron chi connectivity index (χ1n) is 11.6. The summed E-state index contributed by atoms with van der Waals surface area (Å²) in [6.45, 7) is -0.454. The summed E-state index contributed by atoms with van der Waals surface area (Å²) in [7, 11) is 1.50. The molecule has 0 unspecified atom stereocenters. The van der Waals surface area contributed by atoms with Crippen LogP contribution < -0.4 is 14.8 Å². The van der Waals surface area contributed by atoms with Crippen molar-refractivity contribution in [3.8, 4) is 11.5 Å². The number of para-hydroxylation sites is 1. The molecule has 7 nitrogen and oxygen atoms in total. The molecule has 8 heteroatoms. The van der Waals surface area contributed by atoms with Gasteiger partial charge in [-0.3, -0.25) is 4.79 Å². The fourth-order valence-electron chi connectivity index (χ4n) is 4.10. The number of fused-ring (bicyclic) bond motifs is 1. The van der Waals surface area contributed by atoms with Gasteiger partial charge in [0.1, 0.15) is 5.00 Å². The Morgan fingerprint density at radius 1 is 1.06 bits per heavy atom. The van der Waals surface area contributed by atoms with E-state index < -0.39 is 12.6 Å². The van der Waals surface area contributed by atoms with Crippen molar-refractivity contribution in [1.82, 2.24) is 0 Å². The van der Waals surface area contributed by atoms with Crippen LogP contribution >= 0.6 is 11.3 Å². The number of rotatable bonds is 8. The summed E-state index contributed by atoms with van der Waals surface area (Å²) in [4.78, 5) is 30.2. The largest absolute Gasteiger partial charge is 0.493 e. The molecule has 3 aromatic rings. The Hall–Kier alpha value is -3.65. The lowest BCUT2D eigenvalue weighted by atomic mass is 9.96. The van der Waals surface area contributed by atoms with Gasteiger partial charge in [-0.15, -0.1) is 11.3 Å². The second-order valence-electron chi connectivity index (χ2n) is 8.27. The van der Waals surface area contributed by atoms with Crippen molar-refractivity contribution in [1.29, 1.82) is 0 Å². The third-order valence-corrected chi connectivity index (χ3v) is 6.98. The molecule has 0 bridgehead atoms. The fourth-order valence-corrected chi connectivity index (χ4v) is 5.33. The molecule has 0 atom stereocenters. The quantitative estimate of drug-likeness (QED) is 0.383. The average Bonchev–Trinajstić information content (AvgIpc) is 3.18. The van der Waals surface area contributed by atoms with Crippen molar-refractivity contribution in [3.63, 3.8) is 0 Å². The first-order valence-corrected chi connectivity index (χ1v) is 12.4. The molecule has 4 rings (SSSR count). The van der Waals surface area contributed by atoms with Gasteiger partial charge in [-0.25, -0.2) is 9.79 Å². The molecule has 182 valence electrons. The molecule has 1 heterocycles. The van der Waals surface area contributed by atoms with Crippen LogP contribution in [0.3, 0.4) is 0 Å². The molecule has 0 saturated heterocycles. The van der Waals surface area contributed by atoms with E-state index in [0.29, 0.717) is 22.1 Å². The van der Waals surface area contributed by atoms with Crippen molar-refractivity contribution < 1.29 is 24.2 Å². The van der Waals surface area contributed by atoms with E-state index in [2.05, 4.69) is 5.32 Å². The number of aliphatic carboxylic acids is 1. The monoisotopic (exact) mass is 492 g/mol. The molecular weight excluding hydrogens is 464 g/mol. The highest BCUT2D eigenvalue weighted by atomic mass is 32.1. The molecular formula is C27H28N2O5S. The van der Waals surface area contributed by atoms with E-state index in [-0.39, 0.29) is 5.91 Å². The second-order valence-corrected chi connectivity index (χ2v) is 9.35. The van der Waals surface area contributed by atoms with Crippen LogP contribution in [0.25, 0.3) is 0 Å². The number of ether oxygens (including phenoxy) is 2. The Bertz CT molecular complexity index is 1220. The lowest BCUT2D eigenvalue weighted by Gasteiger charge is -2.12. The van der Waals surface area contributed by atoms with Gasteiger partial charge in [0, 0.05) is 16.8 Å². The summed E-state index contributed by atoms with van der Waals surface area (Å²) >= 11 is 1.59. The van der Waals surface area contributed by atoms with Crippen LogP contribution in [0.1, 0.15) is 52.0 Å².